The molecule has 1 aliphatic heterocycles. The van der Waals surface area contributed by atoms with Crippen molar-refractivity contribution in [1.82, 2.24) is 10.2 Å². The first-order valence-electron chi connectivity index (χ1n) is 7.08. The summed E-state index contributed by atoms with van der Waals surface area (Å²) in [6, 6.07) is 10.9. The standard InChI is InChI=1S/C16H24N2/c1-15(2)12-18(10-14-6-4-3-5-7-14)13-16(8-9-16)11-17-15/h3-7,17H,8-13H2,1-2H3. The van der Waals surface area contributed by atoms with Gasteiger partial charge in [0.15, 0.2) is 0 Å². The fourth-order valence-corrected chi connectivity index (χ4v) is 3.09. The van der Waals surface area contributed by atoms with E-state index in [1.807, 2.05) is 0 Å². The van der Waals surface area contributed by atoms with E-state index in [0.717, 1.165) is 13.1 Å². The topological polar surface area (TPSA) is 15.3 Å². The predicted octanol–water partition coefficient (Wildman–Crippen LogP) is 2.65. The van der Waals surface area contributed by atoms with E-state index in [2.05, 4.69) is 54.4 Å². The van der Waals surface area contributed by atoms with Gasteiger partial charge in [-0.1, -0.05) is 30.3 Å². The summed E-state index contributed by atoms with van der Waals surface area (Å²) >= 11 is 0. The molecule has 3 rings (SSSR count). The van der Waals surface area contributed by atoms with Crippen LogP contribution in [0, 0.1) is 5.41 Å². The maximum atomic E-state index is 3.75. The fraction of sp³-hybridized carbons (Fsp3) is 0.625. The van der Waals surface area contributed by atoms with E-state index in [1.165, 1.54) is 31.5 Å². The molecule has 1 aromatic rings. The highest BCUT2D eigenvalue weighted by Gasteiger charge is 2.46. The SMILES string of the molecule is CC1(C)CN(Cc2ccccc2)CC2(CC2)CN1. The largest absolute Gasteiger partial charge is 0.310 e. The quantitative estimate of drug-likeness (QED) is 0.860. The number of nitrogens with one attached hydrogen (secondary N) is 1. The molecule has 1 N–H and O–H groups in total. The van der Waals surface area contributed by atoms with Crippen LogP contribution in [0.25, 0.3) is 0 Å². The molecule has 98 valence electrons. The molecule has 0 atom stereocenters. The molecule has 2 fully saturated rings. The Bertz CT molecular complexity index is 398. The third-order valence-corrected chi connectivity index (χ3v) is 4.33. The van der Waals surface area contributed by atoms with Gasteiger partial charge in [-0.25, -0.2) is 0 Å². The Labute approximate surface area is 110 Å². The summed E-state index contributed by atoms with van der Waals surface area (Å²) < 4.78 is 0. The Morgan fingerprint density at radius 1 is 1.11 bits per heavy atom. The van der Waals surface area contributed by atoms with E-state index in [4.69, 9.17) is 0 Å². The maximum Gasteiger partial charge on any atom is 0.0252 e. The van der Waals surface area contributed by atoms with Crippen LogP contribution in [0.2, 0.25) is 0 Å². The summed E-state index contributed by atoms with van der Waals surface area (Å²) in [5.74, 6) is 0. The normalized spacial score (nSPS) is 25.9. The van der Waals surface area contributed by atoms with Gasteiger partial charge in [-0.15, -0.1) is 0 Å². The second kappa shape index (κ2) is 4.36. The zero-order valence-corrected chi connectivity index (χ0v) is 11.6. The first-order chi connectivity index (χ1) is 8.57. The van der Waals surface area contributed by atoms with Crippen LogP contribution in [0.1, 0.15) is 32.3 Å². The molecule has 1 saturated heterocycles. The fourth-order valence-electron chi connectivity index (χ4n) is 3.09. The van der Waals surface area contributed by atoms with Crippen LogP contribution in [-0.4, -0.2) is 30.1 Å². The Balaban J connectivity index is 1.73. The lowest BCUT2D eigenvalue weighted by molar-refractivity contribution is 0.206. The Morgan fingerprint density at radius 3 is 2.50 bits per heavy atom. The lowest BCUT2D eigenvalue weighted by Crippen LogP contribution is -2.46. The number of hydrogen-bond acceptors (Lipinski definition) is 2. The van der Waals surface area contributed by atoms with Crippen molar-refractivity contribution in [2.45, 2.75) is 38.8 Å². The zero-order chi connectivity index (χ0) is 12.6. The number of hydrogen-bond donors (Lipinski definition) is 1. The van der Waals surface area contributed by atoms with Gasteiger partial charge in [0.2, 0.25) is 0 Å². The summed E-state index contributed by atoms with van der Waals surface area (Å²) in [6.07, 6.45) is 2.81. The average Bonchev–Trinajstić information content (AvgIpc) is 3.09. The monoisotopic (exact) mass is 244 g/mol. The Kier molecular flexibility index (Phi) is 2.95. The lowest BCUT2D eigenvalue weighted by Gasteiger charge is -2.30. The molecule has 1 aliphatic carbocycles. The average molecular weight is 244 g/mol. The van der Waals surface area contributed by atoms with E-state index in [-0.39, 0.29) is 5.54 Å². The van der Waals surface area contributed by atoms with Crippen LogP contribution < -0.4 is 5.32 Å². The van der Waals surface area contributed by atoms with Crippen molar-refractivity contribution >= 4 is 0 Å². The molecule has 0 aromatic heterocycles. The van der Waals surface area contributed by atoms with Crippen molar-refractivity contribution in [3.8, 4) is 0 Å². The van der Waals surface area contributed by atoms with Crippen molar-refractivity contribution in [2.75, 3.05) is 19.6 Å². The molecule has 1 spiro atoms. The Hall–Kier alpha value is -0.860. The highest BCUT2D eigenvalue weighted by molar-refractivity contribution is 5.15. The first-order valence-corrected chi connectivity index (χ1v) is 7.08. The molecule has 1 aromatic carbocycles. The molecule has 2 nitrogen and oxygen atoms in total. The summed E-state index contributed by atoms with van der Waals surface area (Å²) in [5, 5.41) is 3.75. The van der Waals surface area contributed by atoms with Gasteiger partial charge in [0, 0.05) is 31.7 Å². The minimum absolute atomic E-state index is 0.237. The van der Waals surface area contributed by atoms with E-state index < -0.39 is 0 Å². The van der Waals surface area contributed by atoms with Crippen LogP contribution in [0.5, 0.6) is 0 Å². The van der Waals surface area contributed by atoms with Crippen LogP contribution >= 0.6 is 0 Å². The van der Waals surface area contributed by atoms with Gasteiger partial charge < -0.3 is 5.32 Å². The van der Waals surface area contributed by atoms with Crippen molar-refractivity contribution in [1.29, 1.82) is 0 Å². The molecule has 1 heterocycles. The van der Waals surface area contributed by atoms with Crippen molar-refractivity contribution < 1.29 is 0 Å². The third kappa shape index (κ3) is 2.76. The van der Waals surface area contributed by atoms with Crippen LogP contribution in [0.15, 0.2) is 30.3 Å². The van der Waals surface area contributed by atoms with Crippen molar-refractivity contribution in [2.24, 2.45) is 5.41 Å². The third-order valence-electron chi connectivity index (χ3n) is 4.33. The van der Waals surface area contributed by atoms with Gasteiger partial charge in [-0.3, -0.25) is 4.90 Å². The van der Waals surface area contributed by atoms with Crippen molar-refractivity contribution in [3.63, 3.8) is 0 Å². The Morgan fingerprint density at radius 2 is 1.83 bits per heavy atom. The molecule has 2 aliphatic rings. The second-order valence-electron chi connectivity index (χ2n) is 6.87. The summed E-state index contributed by atoms with van der Waals surface area (Å²) in [4.78, 5) is 2.64. The highest BCUT2D eigenvalue weighted by Crippen LogP contribution is 2.47. The molecule has 2 heteroatoms. The molecule has 0 amide bonds. The number of benzene rings is 1. The smallest absolute Gasteiger partial charge is 0.0252 e. The van der Waals surface area contributed by atoms with Gasteiger partial charge in [0.05, 0.1) is 0 Å². The van der Waals surface area contributed by atoms with Gasteiger partial charge >= 0.3 is 0 Å². The van der Waals surface area contributed by atoms with E-state index in [0.29, 0.717) is 5.41 Å². The highest BCUT2D eigenvalue weighted by atomic mass is 15.2. The predicted molar refractivity (Wildman–Crippen MR) is 75.5 cm³/mol. The number of rotatable bonds is 2. The van der Waals surface area contributed by atoms with Crippen LogP contribution in [0.4, 0.5) is 0 Å². The van der Waals surface area contributed by atoms with Crippen LogP contribution in [-0.2, 0) is 6.54 Å². The molecule has 0 unspecified atom stereocenters. The van der Waals surface area contributed by atoms with Gasteiger partial charge in [0.25, 0.3) is 0 Å². The second-order valence-corrected chi connectivity index (χ2v) is 6.87. The summed E-state index contributed by atoms with van der Waals surface area (Å²) in [6.45, 7) is 9.35. The van der Waals surface area contributed by atoms with Gasteiger partial charge in [0.1, 0.15) is 0 Å². The van der Waals surface area contributed by atoms with Gasteiger partial charge in [-0.2, -0.15) is 0 Å². The molecule has 1 saturated carbocycles. The van der Waals surface area contributed by atoms with Gasteiger partial charge in [-0.05, 0) is 37.7 Å². The van der Waals surface area contributed by atoms with E-state index in [9.17, 15) is 0 Å². The minimum atomic E-state index is 0.237. The summed E-state index contributed by atoms with van der Waals surface area (Å²) in [7, 11) is 0. The van der Waals surface area contributed by atoms with E-state index >= 15 is 0 Å². The van der Waals surface area contributed by atoms with E-state index in [1.54, 1.807) is 0 Å². The lowest BCUT2D eigenvalue weighted by atomic mass is 10.1. The molecule has 0 radical (unpaired) electrons. The first kappa shape index (κ1) is 12.2. The number of nitrogens with zero attached hydrogens (tertiary/aromatic N) is 1. The molecular formula is C16H24N2. The molecule has 18 heavy (non-hydrogen) atoms. The molecular weight excluding hydrogens is 220 g/mol. The summed E-state index contributed by atoms with van der Waals surface area (Å²) in [5.41, 5.74) is 2.26. The molecule has 0 bridgehead atoms. The maximum absolute atomic E-state index is 3.75. The van der Waals surface area contributed by atoms with Crippen molar-refractivity contribution in [3.05, 3.63) is 35.9 Å². The zero-order valence-electron chi connectivity index (χ0n) is 11.6. The minimum Gasteiger partial charge on any atom is -0.310 e. The van der Waals surface area contributed by atoms with Crippen LogP contribution in [0.3, 0.4) is 0 Å².